The van der Waals surface area contributed by atoms with Crippen LogP contribution in [-0.2, 0) is 0 Å². The molecule has 0 saturated carbocycles. The molecule has 2 nitrogen and oxygen atoms in total. The van der Waals surface area contributed by atoms with Crippen LogP contribution in [0.2, 0.25) is 0 Å². The van der Waals surface area contributed by atoms with Crippen LogP contribution in [0.25, 0.3) is 0 Å². The molecule has 0 aliphatic carbocycles. The van der Waals surface area contributed by atoms with Crippen molar-refractivity contribution in [3.05, 3.63) is 29.8 Å². The van der Waals surface area contributed by atoms with E-state index in [1.165, 1.54) is 37.1 Å². The van der Waals surface area contributed by atoms with Crippen LogP contribution >= 0.6 is 0 Å². The molecule has 2 atom stereocenters. The van der Waals surface area contributed by atoms with E-state index in [1.807, 2.05) is 0 Å². The molecule has 1 aromatic carbocycles. The molecule has 1 aromatic rings. The predicted octanol–water partition coefficient (Wildman–Crippen LogP) is 3.71. The fourth-order valence-corrected chi connectivity index (χ4v) is 2.91. The molecular formula is C16H26N2. The number of para-hydroxylation sites is 1. The molecule has 18 heavy (non-hydrogen) atoms. The summed E-state index contributed by atoms with van der Waals surface area (Å²) >= 11 is 0. The Bertz CT molecular complexity index is 375. The quantitative estimate of drug-likeness (QED) is 0.852. The zero-order valence-corrected chi connectivity index (χ0v) is 11.9. The monoisotopic (exact) mass is 246 g/mol. The highest BCUT2D eigenvalue weighted by molar-refractivity contribution is 5.54. The Morgan fingerprint density at radius 3 is 2.94 bits per heavy atom. The third-order valence-electron chi connectivity index (χ3n) is 4.18. The molecule has 0 saturated heterocycles. The van der Waals surface area contributed by atoms with Gasteiger partial charge in [0.25, 0.3) is 0 Å². The first-order chi connectivity index (χ1) is 8.72. The largest absolute Gasteiger partial charge is 0.385 e. The van der Waals surface area contributed by atoms with Gasteiger partial charge in [-0.1, -0.05) is 31.5 Å². The highest BCUT2D eigenvalue weighted by atomic mass is 15.1. The lowest BCUT2D eigenvalue weighted by atomic mass is 9.90. The Labute approximate surface area is 111 Å². The number of nitrogens with zero attached hydrogens (tertiary/aromatic N) is 1. The van der Waals surface area contributed by atoms with Crippen LogP contribution in [0.4, 0.5) is 5.69 Å². The van der Waals surface area contributed by atoms with E-state index in [0.29, 0.717) is 12.0 Å². The molecule has 0 amide bonds. The lowest BCUT2D eigenvalue weighted by Gasteiger charge is -2.33. The van der Waals surface area contributed by atoms with Gasteiger partial charge >= 0.3 is 0 Å². The van der Waals surface area contributed by atoms with E-state index in [4.69, 9.17) is 0 Å². The van der Waals surface area contributed by atoms with Gasteiger partial charge in [0.2, 0.25) is 0 Å². The average molecular weight is 246 g/mol. The summed E-state index contributed by atoms with van der Waals surface area (Å²) in [6, 6.07) is 9.46. The van der Waals surface area contributed by atoms with Crippen LogP contribution in [0, 0.1) is 0 Å². The van der Waals surface area contributed by atoms with Gasteiger partial charge in [-0.15, -0.1) is 0 Å². The molecule has 2 rings (SSSR count). The minimum Gasteiger partial charge on any atom is -0.385 e. The molecule has 1 heterocycles. The van der Waals surface area contributed by atoms with Crippen molar-refractivity contribution in [2.45, 2.75) is 45.1 Å². The molecular weight excluding hydrogens is 220 g/mol. The van der Waals surface area contributed by atoms with Crippen LogP contribution in [0.5, 0.6) is 0 Å². The van der Waals surface area contributed by atoms with Gasteiger partial charge in [-0.3, -0.25) is 0 Å². The van der Waals surface area contributed by atoms with Gasteiger partial charge in [-0.25, -0.2) is 0 Å². The number of likely N-dealkylation sites (N-methyl/N-ethyl adjacent to an activating group) is 1. The lowest BCUT2D eigenvalue weighted by Crippen LogP contribution is -2.34. The summed E-state index contributed by atoms with van der Waals surface area (Å²) in [7, 11) is 2.27. The van der Waals surface area contributed by atoms with Gasteiger partial charge in [-0.05, 0) is 38.4 Å². The van der Waals surface area contributed by atoms with E-state index in [0.717, 1.165) is 6.54 Å². The Kier molecular flexibility index (Phi) is 4.65. The average Bonchev–Trinajstić information content (AvgIpc) is 2.39. The maximum absolute atomic E-state index is 3.50. The summed E-state index contributed by atoms with van der Waals surface area (Å²) in [4.78, 5) is 2.52. The van der Waals surface area contributed by atoms with Crippen molar-refractivity contribution in [2.75, 3.05) is 25.5 Å². The second kappa shape index (κ2) is 6.24. The normalized spacial score (nSPS) is 20.3. The molecule has 0 fully saturated rings. The molecule has 1 aliphatic heterocycles. The molecule has 0 aromatic heterocycles. The van der Waals surface area contributed by atoms with Crippen molar-refractivity contribution >= 4 is 5.69 Å². The summed E-state index contributed by atoms with van der Waals surface area (Å²) in [5.41, 5.74) is 2.84. The first-order valence-electron chi connectivity index (χ1n) is 7.25. The molecule has 0 bridgehead atoms. The van der Waals surface area contributed by atoms with Crippen molar-refractivity contribution in [1.29, 1.82) is 0 Å². The summed E-state index contributed by atoms with van der Waals surface area (Å²) < 4.78 is 0. The Morgan fingerprint density at radius 2 is 2.17 bits per heavy atom. The van der Waals surface area contributed by atoms with Crippen LogP contribution in [-0.4, -0.2) is 31.1 Å². The van der Waals surface area contributed by atoms with Crippen molar-refractivity contribution in [1.82, 2.24) is 4.90 Å². The van der Waals surface area contributed by atoms with E-state index in [2.05, 4.69) is 55.4 Å². The number of fused-ring (bicyclic) bond motifs is 1. The number of hydrogen-bond donors (Lipinski definition) is 1. The fraction of sp³-hybridized carbons (Fsp3) is 0.625. The smallest absolute Gasteiger partial charge is 0.0376 e. The number of benzene rings is 1. The van der Waals surface area contributed by atoms with Gasteiger partial charge in [-0.2, -0.15) is 0 Å². The van der Waals surface area contributed by atoms with Gasteiger partial charge in [0.15, 0.2) is 0 Å². The van der Waals surface area contributed by atoms with E-state index in [-0.39, 0.29) is 0 Å². The maximum Gasteiger partial charge on any atom is 0.0376 e. The first kappa shape index (κ1) is 13.4. The van der Waals surface area contributed by atoms with Gasteiger partial charge in [0, 0.05) is 30.7 Å². The minimum atomic E-state index is 0.687. The molecule has 2 heteroatoms. The van der Waals surface area contributed by atoms with Gasteiger partial charge in [0.05, 0.1) is 0 Å². The number of rotatable bonds is 5. The standard InChI is InChI=1S/C16H26N2/c1-4-7-13(2)18(3)12-14-10-11-17-16-9-6-5-8-15(14)16/h5-6,8-9,13-14,17H,4,7,10-12H2,1-3H3. The number of hydrogen-bond acceptors (Lipinski definition) is 2. The first-order valence-corrected chi connectivity index (χ1v) is 7.25. The van der Waals surface area contributed by atoms with Crippen LogP contribution < -0.4 is 5.32 Å². The summed E-state index contributed by atoms with van der Waals surface area (Å²) in [5.74, 6) is 0.687. The predicted molar refractivity (Wildman–Crippen MR) is 79.3 cm³/mol. The third kappa shape index (κ3) is 3.05. The molecule has 1 aliphatic rings. The number of nitrogens with one attached hydrogen (secondary N) is 1. The van der Waals surface area contributed by atoms with Crippen molar-refractivity contribution in [3.63, 3.8) is 0 Å². The highest BCUT2D eigenvalue weighted by Crippen LogP contribution is 2.32. The molecule has 100 valence electrons. The van der Waals surface area contributed by atoms with Gasteiger partial charge in [0.1, 0.15) is 0 Å². The van der Waals surface area contributed by atoms with Gasteiger partial charge < -0.3 is 10.2 Å². The van der Waals surface area contributed by atoms with Crippen molar-refractivity contribution in [3.8, 4) is 0 Å². The SMILES string of the molecule is CCCC(C)N(C)CC1CCNc2ccccc21. The lowest BCUT2D eigenvalue weighted by molar-refractivity contribution is 0.227. The van der Waals surface area contributed by atoms with Crippen molar-refractivity contribution < 1.29 is 0 Å². The van der Waals surface area contributed by atoms with Crippen LogP contribution in [0.1, 0.15) is 44.6 Å². The number of anilines is 1. The molecule has 2 unspecified atom stereocenters. The molecule has 0 radical (unpaired) electrons. The zero-order chi connectivity index (χ0) is 13.0. The minimum absolute atomic E-state index is 0.687. The topological polar surface area (TPSA) is 15.3 Å². The Balaban J connectivity index is 2.02. The van der Waals surface area contributed by atoms with E-state index in [1.54, 1.807) is 0 Å². The highest BCUT2D eigenvalue weighted by Gasteiger charge is 2.22. The second-order valence-corrected chi connectivity index (χ2v) is 5.58. The zero-order valence-electron chi connectivity index (χ0n) is 11.9. The van der Waals surface area contributed by atoms with E-state index in [9.17, 15) is 0 Å². The van der Waals surface area contributed by atoms with E-state index >= 15 is 0 Å². The maximum atomic E-state index is 3.50. The summed E-state index contributed by atoms with van der Waals surface area (Å²) in [6.45, 7) is 6.90. The Morgan fingerprint density at radius 1 is 1.39 bits per heavy atom. The van der Waals surface area contributed by atoms with Crippen LogP contribution in [0.3, 0.4) is 0 Å². The summed E-state index contributed by atoms with van der Waals surface area (Å²) in [5, 5.41) is 3.50. The summed E-state index contributed by atoms with van der Waals surface area (Å²) in [6.07, 6.45) is 3.82. The fourth-order valence-electron chi connectivity index (χ4n) is 2.91. The molecule has 1 N–H and O–H groups in total. The van der Waals surface area contributed by atoms with Crippen LogP contribution in [0.15, 0.2) is 24.3 Å². The Hall–Kier alpha value is -1.02. The third-order valence-corrected chi connectivity index (χ3v) is 4.18. The van der Waals surface area contributed by atoms with E-state index < -0.39 is 0 Å². The molecule has 0 spiro atoms. The second-order valence-electron chi connectivity index (χ2n) is 5.58. The van der Waals surface area contributed by atoms with Crippen molar-refractivity contribution in [2.24, 2.45) is 0 Å².